The number of nitrogens with zero attached hydrogens (tertiary/aromatic N) is 2. The molecule has 1 fully saturated rings. The van der Waals surface area contributed by atoms with Gasteiger partial charge in [-0.1, -0.05) is 19.9 Å². The lowest BCUT2D eigenvalue weighted by Gasteiger charge is -2.49. The fourth-order valence-electron chi connectivity index (χ4n) is 2.55. The van der Waals surface area contributed by atoms with E-state index in [1.807, 2.05) is 35.0 Å². The largest absolute Gasteiger partial charge is 0.392 e. The van der Waals surface area contributed by atoms with Crippen molar-refractivity contribution < 1.29 is 5.11 Å². The van der Waals surface area contributed by atoms with Gasteiger partial charge in [-0.3, -0.25) is 0 Å². The van der Waals surface area contributed by atoms with E-state index in [1.54, 1.807) is 0 Å². The molecular weight excluding hydrogens is 226 g/mol. The van der Waals surface area contributed by atoms with E-state index in [1.165, 1.54) is 0 Å². The molecule has 2 aromatic rings. The molecule has 3 rings (SSSR count). The number of nitrogens with one attached hydrogen (secondary N) is 1. The average Bonchev–Trinajstić information content (AvgIpc) is 2.76. The summed E-state index contributed by atoms with van der Waals surface area (Å²) in [5.41, 5.74) is 1.99. The number of hydrogen-bond donors (Lipinski definition) is 2. The second kappa shape index (κ2) is 4.07. The van der Waals surface area contributed by atoms with E-state index in [-0.39, 0.29) is 11.5 Å². The van der Waals surface area contributed by atoms with Crippen LogP contribution in [-0.2, 0) is 6.54 Å². The van der Waals surface area contributed by atoms with Crippen LogP contribution < -0.4 is 5.32 Å². The van der Waals surface area contributed by atoms with Gasteiger partial charge < -0.3 is 14.8 Å². The summed E-state index contributed by atoms with van der Waals surface area (Å²) >= 11 is 0. The van der Waals surface area contributed by atoms with Crippen LogP contribution in [0.25, 0.3) is 5.65 Å². The molecule has 0 aliphatic heterocycles. The molecule has 0 saturated heterocycles. The highest BCUT2D eigenvalue weighted by Gasteiger charge is 2.46. The second-order valence-corrected chi connectivity index (χ2v) is 5.70. The number of rotatable bonds is 3. The van der Waals surface area contributed by atoms with Crippen molar-refractivity contribution in [2.24, 2.45) is 5.41 Å². The van der Waals surface area contributed by atoms with Crippen LogP contribution in [0, 0.1) is 5.41 Å². The summed E-state index contributed by atoms with van der Waals surface area (Å²) in [7, 11) is 0. The van der Waals surface area contributed by atoms with Crippen molar-refractivity contribution >= 4 is 5.65 Å². The van der Waals surface area contributed by atoms with E-state index < -0.39 is 0 Å². The van der Waals surface area contributed by atoms with E-state index >= 15 is 0 Å². The van der Waals surface area contributed by atoms with Crippen LogP contribution in [0.3, 0.4) is 0 Å². The topological polar surface area (TPSA) is 49.6 Å². The number of pyridine rings is 1. The van der Waals surface area contributed by atoms with Crippen molar-refractivity contribution in [1.29, 1.82) is 0 Å². The van der Waals surface area contributed by atoms with Gasteiger partial charge in [0.2, 0.25) is 0 Å². The van der Waals surface area contributed by atoms with Crippen LogP contribution in [0.2, 0.25) is 0 Å². The van der Waals surface area contributed by atoms with E-state index in [9.17, 15) is 5.11 Å². The van der Waals surface area contributed by atoms with E-state index in [0.29, 0.717) is 6.04 Å². The van der Waals surface area contributed by atoms with E-state index in [4.69, 9.17) is 0 Å². The van der Waals surface area contributed by atoms with Gasteiger partial charge in [-0.15, -0.1) is 0 Å². The molecule has 2 aromatic heterocycles. The monoisotopic (exact) mass is 245 g/mol. The first kappa shape index (κ1) is 11.7. The quantitative estimate of drug-likeness (QED) is 0.863. The van der Waals surface area contributed by atoms with Gasteiger partial charge in [0.15, 0.2) is 0 Å². The Morgan fingerprint density at radius 3 is 3.00 bits per heavy atom. The molecule has 4 nitrogen and oxygen atoms in total. The van der Waals surface area contributed by atoms with Gasteiger partial charge in [0.05, 0.1) is 11.8 Å². The zero-order valence-corrected chi connectivity index (χ0v) is 10.8. The van der Waals surface area contributed by atoms with Gasteiger partial charge in [0.25, 0.3) is 0 Å². The summed E-state index contributed by atoms with van der Waals surface area (Å²) in [6, 6.07) is 6.36. The first-order valence-electron chi connectivity index (χ1n) is 6.41. The van der Waals surface area contributed by atoms with E-state index in [0.717, 1.165) is 24.3 Å². The van der Waals surface area contributed by atoms with E-state index in [2.05, 4.69) is 24.1 Å². The van der Waals surface area contributed by atoms with Crippen LogP contribution in [0.5, 0.6) is 0 Å². The molecule has 0 spiro atoms. The third-order valence-electron chi connectivity index (χ3n) is 4.16. The summed E-state index contributed by atoms with van der Waals surface area (Å²) in [6.07, 6.45) is 4.70. The third kappa shape index (κ3) is 1.82. The number of hydrogen-bond acceptors (Lipinski definition) is 3. The van der Waals surface area contributed by atoms with Crippen molar-refractivity contribution in [3.8, 4) is 0 Å². The molecule has 0 amide bonds. The molecule has 2 heterocycles. The molecule has 2 unspecified atom stereocenters. The zero-order chi connectivity index (χ0) is 12.8. The molecule has 1 aliphatic carbocycles. The van der Waals surface area contributed by atoms with Crippen molar-refractivity contribution in [3.63, 3.8) is 0 Å². The Morgan fingerprint density at radius 1 is 1.50 bits per heavy atom. The Kier molecular flexibility index (Phi) is 2.64. The maximum Gasteiger partial charge on any atom is 0.137 e. The predicted octanol–water partition coefficient (Wildman–Crippen LogP) is 1.58. The van der Waals surface area contributed by atoms with Crippen molar-refractivity contribution in [3.05, 3.63) is 36.3 Å². The standard InChI is InChI=1S/C14H19N3O/c1-14(2)11(7-12(14)18)15-8-10-9-17-6-4-3-5-13(17)16-10/h3-6,9,11-12,15,18H,7-8H2,1-2H3. The number of imidazole rings is 1. The normalized spacial score (nSPS) is 26.2. The SMILES string of the molecule is CC1(C)C(O)CC1NCc1cn2ccccc2n1. The Bertz CT molecular complexity index is 528. The summed E-state index contributed by atoms with van der Waals surface area (Å²) in [5, 5.41) is 13.2. The fraction of sp³-hybridized carbons (Fsp3) is 0.500. The molecule has 0 radical (unpaired) electrons. The summed E-state index contributed by atoms with van der Waals surface area (Å²) < 4.78 is 2.03. The van der Waals surface area contributed by atoms with Crippen LogP contribution in [0.4, 0.5) is 0 Å². The Labute approximate surface area is 107 Å². The summed E-state index contributed by atoms with van der Waals surface area (Å²) in [5.74, 6) is 0. The molecule has 4 heteroatoms. The van der Waals surface area contributed by atoms with Crippen LogP contribution in [-0.4, -0.2) is 26.6 Å². The first-order valence-corrected chi connectivity index (χ1v) is 6.41. The van der Waals surface area contributed by atoms with Crippen molar-refractivity contribution in [1.82, 2.24) is 14.7 Å². The van der Waals surface area contributed by atoms with Crippen LogP contribution in [0.15, 0.2) is 30.6 Å². The number of fused-ring (bicyclic) bond motifs is 1. The molecule has 2 atom stereocenters. The highest BCUT2D eigenvalue weighted by molar-refractivity contribution is 5.39. The van der Waals surface area contributed by atoms with Gasteiger partial charge in [-0.05, 0) is 18.6 Å². The van der Waals surface area contributed by atoms with Gasteiger partial charge in [-0.2, -0.15) is 0 Å². The number of aromatic nitrogens is 2. The molecule has 1 saturated carbocycles. The predicted molar refractivity (Wildman–Crippen MR) is 70.2 cm³/mol. The van der Waals surface area contributed by atoms with Crippen molar-refractivity contribution in [2.75, 3.05) is 0 Å². The zero-order valence-electron chi connectivity index (χ0n) is 10.8. The number of aliphatic hydroxyl groups is 1. The second-order valence-electron chi connectivity index (χ2n) is 5.70. The maximum absolute atomic E-state index is 9.70. The molecular formula is C14H19N3O. The molecule has 1 aliphatic rings. The van der Waals surface area contributed by atoms with Gasteiger partial charge in [0.1, 0.15) is 5.65 Å². The Hall–Kier alpha value is -1.39. The van der Waals surface area contributed by atoms with Gasteiger partial charge in [-0.25, -0.2) is 4.98 Å². The molecule has 18 heavy (non-hydrogen) atoms. The highest BCUT2D eigenvalue weighted by Crippen LogP contribution is 2.40. The average molecular weight is 245 g/mol. The van der Waals surface area contributed by atoms with Crippen molar-refractivity contribution in [2.45, 2.75) is 39.0 Å². The van der Waals surface area contributed by atoms with Gasteiger partial charge >= 0.3 is 0 Å². The Balaban J connectivity index is 1.67. The lowest BCUT2D eigenvalue weighted by molar-refractivity contribution is -0.0730. The summed E-state index contributed by atoms with van der Waals surface area (Å²) in [6.45, 7) is 4.95. The first-order chi connectivity index (χ1) is 8.57. The smallest absolute Gasteiger partial charge is 0.137 e. The minimum absolute atomic E-state index is 0.0286. The van der Waals surface area contributed by atoms with Crippen LogP contribution in [0.1, 0.15) is 26.0 Å². The Morgan fingerprint density at radius 2 is 2.33 bits per heavy atom. The summed E-state index contributed by atoms with van der Waals surface area (Å²) in [4.78, 5) is 4.55. The lowest BCUT2D eigenvalue weighted by Crippen LogP contribution is -2.59. The molecule has 0 bridgehead atoms. The number of aliphatic hydroxyl groups excluding tert-OH is 1. The minimum atomic E-state index is -0.184. The molecule has 0 aromatic carbocycles. The van der Waals surface area contributed by atoms with Crippen LogP contribution >= 0.6 is 0 Å². The lowest BCUT2D eigenvalue weighted by atomic mass is 9.64. The third-order valence-corrected chi connectivity index (χ3v) is 4.16. The van der Waals surface area contributed by atoms with Gasteiger partial charge in [0, 0.05) is 30.4 Å². The molecule has 2 N–H and O–H groups in total. The maximum atomic E-state index is 9.70. The fourth-order valence-corrected chi connectivity index (χ4v) is 2.55. The highest BCUT2D eigenvalue weighted by atomic mass is 16.3. The minimum Gasteiger partial charge on any atom is -0.392 e. The molecule has 96 valence electrons.